The number of hydrogen-bond acceptors (Lipinski definition) is 9. The van der Waals surface area contributed by atoms with E-state index in [4.69, 9.17) is 19.7 Å². The zero-order valence-electron chi connectivity index (χ0n) is 20.0. The quantitative estimate of drug-likeness (QED) is 0.321. The van der Waals surface area contributed by atoms with Crippen LogP contribution in [0.15, 0.2) is 43.0 Å². The molecule has 1 aromatic carbocycles. The van der Waals surface area contributed by atoms with Crippen molar-refractivity contribution >= 4 is 30.5 Å². The third-order valence-electron chi connectivity index (χ3n) is 4.56. The lowest BCUT2D eigenvalue weighted by Crippen LogP contribution is -2.39. The topological polar surface area (TPSA) is 143 Å². The van der Waals surface area contributed by atoms with Crippen LogP contribution in [0.2, 0.25) is 0 Å². The number of rotatable bonds is 10. The number of carbonyl (C=O) groups is 1. The lowest BCUT2D eigenvalue weighted by Gasteiger charge is -2.27. The van der Waals surface area contributed by atoms with E-state index in [1.54, 1.807) is 62.9 Å². The summed E-state index contributed by atoms with van der Waals surface area (Å²) in [5.41, 5.74) is 6.24. The molecule has 0 unspecified atom stereocenters. The number of ether oxygens (including phenoxy) is 2. The molecule has 0 spiro atoms. The smallest absolute Gasteiger partial charge is 0.342 e. The van der Waals surface area contributed by atoms with Gasteiger partial charge in [0.1, 0.15) is 35.6 Å². The second-order valence-electron chi connectivity index (χ2n) is 8.90. The van der Waals surface area contributed by atoms with Crippen LogP contribution in [0.1, 0.15) is 34.6 Å². The summed E-state index contributed by atoms with van der Waals surface area (Å²) < 4.78 is 32.5. The van der Waals surface area contributed by atoms with Crippen LogP contribution in [0, 0.1) is 0 Å². The Kier molecular flexibility index (Phi) is 7.91. The number of aromatic nitrogens is 4. The van der Waals surface area contributed by atoms with Crippen molar-refractivity contribution in [2.75, 3.05) is 12.1 Å². The van der Waals surface area contributed by atoms with Gasteiger partial charge in [0, 0.05) is 0 Å². The molecule has 0 saturated heterocycles. The molecule has 2 heterocycles. The highest BCUT2D eigenvalue weighted by Crippen LogP contribution is 2.44. The largest absolute Gasteiger partial charge is 0.459 e. The fourth-order valence-corrected chi connectivity index (χ4v) is 4.86. The highest BCUT2D eigenvalue weighted by Gasteiger charge is 2.33. The van der Waals surface area contributed by atoms with Crippen LogP contribution in [0.3, 0.4) is 0 Å². The maximum atomic E-state index is 13.7. The molecule has 34 heavy (non-hydrogen) atoms. The van der Waals surface area contributed by atoms with Gasteiger partial charge in [-0.3, -0.25) is 9.36 Å². The molecule has 0 aliphatic carbocycles. The predicted octanol–water partition coefficient (Wildman–Crippen LogP) is 3.36. The van der Waals surface area contributed by atoms with Crippen LogP contribution in [0.25, 0.3) is 11.2 Å². The highest BCUT2D eigenvalue weighted by molar-refractivity contribution is 7.57. The van der Waals surface area contributed by atoms with Crippen LogP contribution in [0.4, 0.5) is 5.82 Å². The number of nitrogens with one attached hydrogen (secondary N) is 1. The fourth-order valence-electron chi connectivity index (χ4n) is 3.07. The molecule has 3 aromatic rings. The lowest BCUT2D eigenvalue weighted by atomic mass is 10.2. The number of carbonyl (C=O) groups excluding carboxylic acids is 1. The van der Waals surface area contributed by atoms with Crippen molar-refractivity contribution in [3.63, 3.8) is 0 Å². The van der Waals surface area contributed by atoms with Gasteiger partial charge in [-0.1, -0.05) is 18.2 Å². The average Bonchev–Trinajstić information content (AvgIpc) is 3.16. The molecule has 0 bridgehead atoms. The van der Waals surface area contributed by atoms with Crippen LogP contribution in [-0.4, -0.2) is 49.6 Å². The Labute approximate surface area is 198 Å². The minimum Gasteiger partial charge on any atom is -0.459 e. The molecule has 0 amide bonds. The van der Waals surface area contributed by atoms with E-state index >= 15 is 0 Å². The van der Waals surface area contributed by atoms with Gasteiger partial charge in [-0.15, -0.1) is 0 Å². The fraction of sp³-hybridized carbons (Fsp3) is 0.455. The van der Waals surface area contributed by atoms with Crippen LogP contribution in [-0.2, 0) is 25.4 Å². The predicted molar refractivity (Wildman–Crippen MR) is 128 cm³/mol. The first kappa shape index (κ1) is 25.6. The molecule has 0 radical (unpaired) electrons. The van der Waals surface area contributed by atoms with Crippen molar-refractivity contribution in [3.8, 4) is 5.75 Å². The molecule has 3 N–H and O–H groups in total. The van der Waals surface area contributed by atoms with Gasteiger partial charge in [0.2, 0.25) is 0 Å². The normalized spacial score (nSPS) is 15.4. The SMILES string of the molecule is C[C@H](Cn1cnc2c(N)ncnc21)OC[P@@](=O)(N[C@@H](C)C(=O)OC(C)(C)C)Oc1ccccc1. The molecule has 0 saturated carbocycles. The summed E-state index contributed by atoms with van der Waals surface area (Å²) in [6, 6.07) is 7.81. The summed E-state index contributed by atoms with van der Waals surface area (Å²) in [4.78, 5) is 24.8. The van der Waals surface area contributed by atoms with Crippen molar-refractivity contribution < 1.29 is 23.4 Å². The van der Waals surface area contributed by atoms with Crippen molar-refractivity contribution in [2.24, 2.45) is 0 Å². The molecule has 0 aliphatic rings. The number of para-hydroxylation sites is 1. The molecule has 3 rings (SSSR count). The molecule has 11 nitrogen and oxygen atoms in total. The molecule has 0 fully saturated rings. The summed E-state index contributed by atoms with van der Waals surface area (Å²) in [6.07, 6.45) is 2.30. The molecular weight excluding hydrogens is 459 g/mol. The van der Waals surface area contributed by atoms with Crippen molar-refractivity contribution in [3.05, 3.63) is 43.0 Å². The van der Waals surface area contributed by atoms with Crippen LogP contribution >= 0.6 is 7.52 Å². The van der Waals surface area contributed by atoms with E-state index in [1.165, 1.54) is 6.33 Å². The summed E-state index contributed by atoms with van der Waals surface area (Å²) >= 11 is 0. The molecule has 12 heteroatoms. The number of nitrogens with two attached hydrogens (primary N) is 1. The summed E-state index contributed by atoms with van der Waals surface area (Å²) in [6.45, 7) is 9.06. The van der Waals surface area contributed by atoms with Gasteiger partial charge in [0.25, 0.3) is 0 Å². The van der Waals surface area contributed by atoms with Gasteiger partial charge in [-0.2, -0.15) is 0 Å². The number of anilines is 1. The van der Waals surface area contributed by atoms with Gasteiger partial charge in [-0.25, -0.2) is 20.0 Å². The average molecular weight is 491 g/mol. The second kappa shape index (κ2) is 10.5. The van der Waals surface area contributed by atoms with E-state index in [-0.39, 0.29) is 12.5 Å². The van der Waals surface area contributed by atoms with Crippen molar-refractivity contribution in [2.45, 2.75) is 58.9 Å². The van der Waals surface area contributed by atoms with Gasteiger partial charge in [0.15, 0.2) is 11.5 Å². The summed E-state index contributed by atoms with van der Waals surface area (Å²) in [5, 5.41) is 2.79. The van der Waals surface area contributed by atoms with Crippen LogP contribution in [0.5, 0.6) is 5.75 Å². The maximum Gasteiger partial charge on any atom is 0.342 e. The number of hydrogen-bond donors (Lipinski definition) is 2. The number of nitrogens with zero attached hydrogens (tertiary/aromatic N) is 4. The Balaban J connectivity index is 1.70. The first-order valence-corrected chi connectivity index (χ1v) is 12.6. The molecule has 3 atom stereocenters. The van der Waals surface area contributed by atoms with E-state index in [0.717, 1.165) is 0 Å². The molecule has 2 aromatic heterocycles. The number of fused-ring (bicyclic) bond motifs is 1. The van der Waals surface area contributed by atoms with Crippen molar-refractivity contribution in [1.82, 2.24) is 24.6 Å². The Morgan fingerprint density at radius 2 is 1.88 bits per heavy atom. The molecular formula is C22H31N6O5P. The highest BCUT2D eigenvalue weighted by atomic mass is 31.2. The standard InChI is InChI=1S/C22H31N6O5P/c1-15(11-28-13-26-18-19(23)24-12-25-20(18)28)31-14-34(30,33-17-9-7-6-8-10-17)27-16(2)21(29)32-22(3,4)5/h6-10,12-13,15-16H,11,14H2,1-5H3,(H,27,30)(H2,23,24,25)/t15-,16+,34+/m1/s1. The van der Waals surface area contributed by atoms with E-state index in [9.17, 15) is 9.36 Å². The van der Waals surface area contributed by atoms with Gasteiger partial charge in [-0.05, 0) is 46.8 Å². The molecule has 184 valence electrons. The van der Waals surface area contributed by atoms with Gasteiger partial charge < -0.3 is 24.3 Å². The summed E-state index contributed by atoms with van der Waals surface area (Å²) in [5.74, 6) is 0.136. The maximum absolute atomic E-state index is 13.7. The Bertz CT molecular complexity index is 1160. The lowest BCUT2D eigenvalue weighted by molar-refractivity contribution is -0.156. The number of imidazole rings is 1. The first-order valence-electron chi connectivity index (χ1n) is 10.8. The van der Waals surface area contributed by atoms with E-state index in [2.05, 4.69) is 20.0 Å². The third kappa shape index (κ3) is 6.99. The van der Waals surface area contributed by atoms with Crippen LogP contribution < -0.4 is 15.3 Å². The van der Waals surface area contributed by atoms with Gasteiger partial charge in [0.05, 0.1) is 19.0 Å². The molecule has 0 aliphatic heterocycles. The first-order chi connectivity index (χ1) is 16.0. The van der Waals surface area contributed by atoms with Gasteiger partial charge >= 0.3 is 13.5 Å². The summed E-state index contributed by atoms with van der Waals surface area (Å²) in [7, 11) is -3.66. The number of esters is 1. The van der Waals surface area contributed by atoms with Crippen molar-refractivity contribution in [1.29, 1.82) is 0 Å². The van der Waals surface area contributed by atoms with E-state index < -0.39 is 25.1 Å². The third-order valence-corrected chi connectivity index (χ3v) is 6.33. The zero-order valence-corrected chi connectivity index (χ0v) is 20.9. The Morgan fingerprint density at radius 3 is 2.56 bits per heavy atom. The zero-order chi connectivity index (χ0) is 24.9. The second-order valence-corrected chi connectivity index (χ2v) is 10.9. The minimum absolute atomic E-state index is 0.278. The number of nitrogen functional groups attached to an aromatic ring is 1. The Hall–Kier alpha value is -3.01. The van der Waals surface area contributed by atoms with E-state index in [0.29, 0.717) is 29.3 Å². The monoisotopic (exact) mass is 490 g/mol. The number of benzene rings is 1. The Morgan fingerprint density at radius 1 is 1.18 bits per heavy atom. The minimum atomic E-state index is -3.66. The van der Waals surface area contributed by atoms with E-state index in [1.807, 2.05) is 13.0 Å².